The first-order chi connectivity index (χ1) is 7.63. The third-order valence-electron chi connectivity index (χ3n) is 2.74. The largest absolute Gasteiger partial charge is 0.396 e. The number of nitrogens with one attached hydrogen (secondary N) is 1. The molecule has 3 heteroatoms. The Morgan fingerprint density at radius 3 is 2.81 bits per heavy atom. The highest BCUT2D eigenvalue weighted by Crippen LogP contribution is 2.15. The lowest BCUT2D eigenvalue weighted by molar-refractivity contribution is 0.276. The van der Waals surface area contributed by atoms with E-state index in [1.807, 2.05) is 0 Å². The normalized spacial score (nSPS) is 12.8. The number of benzene rings is 1. The summed E-state index contributed by atoms with van der Waals surface area (Å²) in [4.78, 5) is 0. The minimum Gasteiger partial charge on any atom is -0.396 e. The van der Waals surface area contributed by atoms with Gasteiger partial charge in [0.15, 0.2) is 0 Å². The summed E-state index contributed by atoms with van der Waals surface area (Å²) in [6.45, 7) is 5.46. The molecule has 0 saturated heterocycles. The van der Waals surface area contributed by atoms with Crippen molar-refractivity contribution >= 4 is 15.9 Å². The van der Waals surface area contributed by atoms with Gasteiger partial charge in [-0.05, 0) is 49.9 Å². The zero-order chi connectivity index (χ0) is 12.0. The molecule has 0 fully saturated rings. The van der Waals surface area contributed by atoms with Gasteiger partial charge >= 0.3 is 0 Å². The zero-order valence-corrected chi connectivity index (χ0v) is 11.5. The molecule has 0 aliphatic carbocycles. The third-order valence-corrected chi connectivity index (χ3v) is 3.23. The summed E-state index contributed by atoms with van der Waals surface area (Å²) in [6.07, 6.45) is 1.89. The Morgan fingerprint density at radius 2 is 2.19 bits per heavy atom. The van der Waals surface area contributed by atoms with E-state index in [0.717, 1.165) is 23.9 Å². The van der Waals surface area contributed by atoms with Crippen molar-refractivity contribution in [2.45, 2.75) is 39.3 Å². The second-order valence-corrected chi connectivity index (χ2v) is 5.13. The van der Waals surface area contributed by atoms with E-state index in [1.165, 1.54) is 11.1 Å². The van der Waals surface area contributed by atoms with Gasteiger partial charge in [0.25, 0.3) is 0 Å². The number of aliphatic hydroxyl groups is 1. The Bertz CT molecular complexity index is 328. The quantitative estimate of drug-likeness (QED) is 0.842. The highest BCUT2D eigenvalue weighted by atomic mass is 79.9. The molecule has 0 aromatic heterocycles. The second-order valence-electron chi connectivity index (χ2n) is 4.22. The van der Waals surface area contributed by atoms with Crippen LogP contribution in [0.3, 0.4) is 0 Å². The first-order valence-electron chi connectivity index (χ1n) is 5.72. The number of hydrogen-bond acceptors (Lipinski definition) is 2. The number of hydrogen-bond donors (Lipinski definition) is 2. The second kappa shape index (κ2) is 7.05. The molecule has 0 saturated carbocycles. The molecular formula is C13H20BrNO. The average molecular weight is 286 g/mol. The number of halogens is 1. The Labute approximate surface area is 106 Å². The molecule has 1 rings (SSSR count). The summed E-state index contributed by atoms with van der Waals surface area (Å²) in [5, 5.41) is 12.2. The van der Waals surface area contributed by atoms with E-state index in [0.29, 0.717) is 6.04 Å². The van der Waals surface area contributed by atoms with Gasteiger partial charge in [-0.3, -0.25) is 0 Å². The van der Waals surface area contributed by atoms with E-state index in [9.17, 15) is 0 Å². The lowest BCUT2D eigenvalue weighted by atomic mass is 10.1. The van der Waals surface area contributed by atoms with Gasteiger partial charge in [-0.2, -0.15) is 0 Å². The molecule has 0 bridgehead atoms. The summed E-state index contributed by atoms with van der Waals surface area (Å²) in [5.74, 6) is 0. The van der Waals surface area contributed by atoms with Crippen LogP contribution < -0.4 is 5.32 Å². The van der Waals surface area contributed by atoms with Crippen LogP contribution >= 0.6 is 15.9 Å². The molecule has 0 aliphatic rings. The SMILES string of the molecule is Cc1cc(Br)ccc1CNC(C)CCCO. The fraction of sp³-hybridized carbons (Fsp3) is 0.538. The predicted molar refractivity (Wildman–Crippen MR) is 71.5 cm³/mol. The van der Waals surface area contributed by atoms with Crippen molar-refractivity contribution in [2.24, 2.45) is 0 Å². The monoisotopic (exact) mass is 285 g/mol. The van der Waals surface area contributed by atoms with E-state index < -0.39 is 0 Å². The lowest BCUT2D eigenvalue weighted by Crippen LogP contribution is -2.25. The number of aryl methyl sites for hydroxylation is 1. The van der Waals surface area contributed by atoms with Crippen LogP contribution in [0, 0.1) is 6.92 Å². The minimum atomic E-state index is 0.281. The first-order valence-corrected chi connectivity index (χ1v) is 6.52. The van der Waals surface area contributed by atoms with Crippen molar-refractivity contribution in [1.82, 2.24) is 5.32 Å². The fourth-order valence-electron chi connectivity index (χ4n) is 1.64. The first kappa shape index (κ1) is 13.7. The molecule has 0 spiro atoms. The van der Waals surface area contributed by atoms with E-state index in [2.05, 4.69) is 53.3 Å². The van der Waals surface area contributed by atoms with Gasteiger partial charge < -0.3 is 10.4 Å². The van der Waals surface area contributed by atoms with Crippen LogP contribution in [-0.2, 0) is 6.54 Å². The van der Waals surface area contributed by atoms with Crippen molar-refractivity contribution in [3.8, 4) is 0 Å². The number of aliphatic hydroxyl groups excluding tert-OH is 1. The molecule has 2 N–H and O–H groups in total. The van der Waals surface area contributed by atoms with Crippen LogP contribution in [-0.4, -0.2) is 17.8 Å². The molecular weight excluding hydrogens is 266 g/mol. The maximum absolute atomic E-state index is 8.74. The Hall–Kier alpha value is -0.380. The summed E-state index contributed by atoms with van der Waals surface area (Å²) in [6, 6.07) is 6.80. The third kappa shape index (κ3) is 4.64. The van der Waals surface area contributed by atoms with Crippen LogP contribution in [0.1, 0.15) is 30.9 Å². The predicted octanol–water partition coefficient (Wildman–Crippen LogP) is 3.01. The lowest BCUT2D eigenvalue weighted by Gasteiger charge is -2.14. The Balaban J connectivity index is 2.42. The average Bonchev–Trinajstić information content (AvgIpc) is 2.25. The van der Waals surface area contributed by atoms with Crippen LogP contribution in [0.4, 0.5) is 0 Å². The van der Waals surface area contributed by atoms with Crippen molar-refractivity contribution in [3.05, 3.63) is 33.8 Å². The van der Waals surface area contributed by atoms with E-state index in [-0.39, 0.29) is 6.61 Å². The summed E-state index contributed by atoms with van der Waals surface area (Å²) < 4.78 is 1.13. The van der Waals surface area contributed by atoms with Crippen molar-refractivity contribution < 1.29 is 5.11 Å². The van der Waals surface area contributed by atoms with Crippen LogP contribution in [0.2, 0.25) is 0 Å². The van der Waals surface area contributed by atoms with Gasteiger partial charge in [-0.25, -0.2) is 0 Å². The van der Waals surface area contributed by atoms with Gasteiger partial charge in [0.2, 0.25) is 0 Å². The summed E-state index contributed by atoms with van der Waals surface area (Å²) >= 11 is 3.46. The minimum absolute atomic E-state index is 0.281. The van der Waals surface area contributed by atoms with Crippen molar-refractivity contribution in [1.29, 1.82) is 0 Å². The Morgan fingerprint density at radius 1 is 1.44 bits per heavy atom. The molecule has 1 aromatic rings. The van der Waals surface area contributed by atoms with Crippen LogP contribution in [0.25, 0.3) is 0 Å². The molecule has 16 heavy (non-hydrogen) atoms. The van der Waals surface area contributed by atoms with E-state index >= 15 is 0 Å². The molecule has 0 radical (unpaired) electrons. The molecule has 0 amide bonds. The van der Waals surface area contributed by atoms with Gasteiger partial charge in [-0.15, -0.1) is 0 Å². The topological polar surface area (TPSA) is 32.3 Å². The van der Waals surface area contributed by atoms with Crippen molar-refractivity contribution in [2.75, 3.05) is 6.61 Å². The number of rotatable bonds is 6. The summed E-state index contributed by atoms with van der Waals surface area (Å²) in [5.41, 5.74) is 2.63. The van der Waals surface area contributed by atoms with Gasteiger partial charge in [-0.1, -0.05) is 22.0 Å². The molecule has 1 aromatic carbocycles. The van der Waals surface area contributed by atoms with Crippen molar-refractivity contribution in [3.63, 3.8) is 0 Å². The summed E-state index contributed by atoms with van der Waals surface area (Å²) in [7, 11) is 0. The molecule has 1 unspecified atom stereocenters. The molecule has 0 aliphatic heterocycles. The highest BCUT2D eigenvalue weighted by Gasteiger charge is 2.03. The molecule has 2 nitrogen and oxygen atoms in total. The van der Waals surface area contributed by atoms with Crippen LogP contribution in [0.15, 0.2) is 22.7 Å². The molecule has 90 valence electrons. The fourth-order valence-corrected chi connectivity index (χ4v) is 2.12. The van der Waals surface area contributed by atoms with Gasteiger partial charge in [0, 0.05) is 23.7 Å². The van der Waals surface area contributed by atoms with Gasteiger partial charge in [0.05, 0.1) is 0 Å². The van der Waals surface area contributed by atoms with E-state index in [1.54, 1.807) is 0 Å². The molecule has 0 heterocycles. The Kier molecular flexibility index (Phi) is 6.03. The standard InChI is InChI=1S/C13H20BrNO/c1-10-8-13(14)6-5-12(10)9-15-11(2)4-3-7-16/h5-6,8,11,15-16H,3-4,7,9H2,1-2H3. The van der Waals surface area contributed by atoms with E-state index in [4.69, 9.17) is 5.11 Å². The maximum Gasteiger partial charge on any atom is 0.0431 e. The van der Waals surface area contributed by atoms with Gasteiger partial charge in [0.1, 0.15) is 0 Å². The molecule has 1 atom stereocenters. The van der Waals surface area contributed by atoms with Crippen LogP contribution in [0.5, 0.6) is 0 Å². The maximum atomic E-state index is 8.74. The smallest absolute Gasteiger partial charge is 0.0431 e. The zero-order valence-electron chi connectivity index (χ0n) is 9.96. The highest BCUT2D eigenvalue weighted by molar-refractivity contribution is 9.10.